The van der Waals surface area contributed by atoms with Crippen LogP contribution in [0.4, 0.5) is 4.39 Å². The van der Waals surface area contributed by atoms with Crippen molar-refractivity contribution in [1.82, 2.24) is 9.78 Å². The highest BCUT2D eigenvalue weighted by Crippen LogP contribution is 2.26. The normalized spacial score (nSPS) is 14.2. The van der Waals surface area contributed by atoms with Crippen LogP contribution in [0.25, 0.3) is 0 Å². The van der Waals surface area contributed by atoms with Crippen LogP contribution >= 0.6 is 0 Å². The van der Waals surface area contributed by atoms with Crippen molar-refractivity contribution >= 4 is 0 Å². The van der Waals surface area contributed by atoms with Gasteiger partial charge in [0, 0.05) is 18.7 Å². The number of benzene rings is 1. The van der Waals surface area contributed by atoms with Crippen LogP contribution in [0, 0.1) is 5.82 Å². The molecule has 0 spiro atoms. The minimum Gasteiger partial charge on any atom is -0.385 e. The van der Waals surface area contributed by atoms with Crippen molar-refractivity contribution in [2.75, 3.05) is 0 Å². The lowest BCUT2D eigenvalue weighted by Gasteiger charge is -2.24. The Kier molecular flexibility index (Phi) is 4.23. The molecule has 20 heavy (non-hydrogen) atoms. The Morgan fingerprint density at radius 3 is 2.65 bits per heavy atom. The molecule has 0 fully saturated rings. The lowest BCUT2D eigenvalue weighted by molar-refractivity contribution is 0.0550. The van der Waals surface area contributed by atoms with Crippen molar-refractivity contribution in [2.45, 2.75) is 45.8 Å². The molecule has 4 heteroatoms. The second kappa shape index (κ2) is 5.75. The Hall–Kier alpha value is -1.68. The van der Waals surface area contributed by atoms with Gasteiger partial charge in [-0.1, -0.05) is 19.1 Å². The van der Waals surface area contributed by atoms with Crippen molar-refractivity contribution in [3.05, 3.63) is 53.1 Å². The van der Waals surface area contributed by atoms with Gasteiger partial charge in [0.05, 0.1) is 11.3 Å². The third-order valence-electron chi connectivity index (χ3n) is 3.55. The van der Waals surface area contributed by atoms with Crippen molar-refractivity contribution < 1.29 is 9.50 Å². The molecule has 1 heterocycles. The van der Waals surface area contributed by atoms with Gasteiger partial charge in [-0.2, -0.15) is 5.10 Å². The monoisotopic (exact) mass is 276 g/mol. The Morgan fingerprint density at radius 2 is 2.05 bits per heavy atom. The summed E-state index contributed by atoms with van der Waals surface area (Å²) in [6.45, 7) is 6.54. The van der Waals surface area contributed by atoms with Gasteiger partial charge < -0.3 is 5.11 Å². The van der Waals surface area contributed by atoms with E-state index in [0.29, 0.717) is 12.0 Å². The molecule has 1 aromatic heterocycles. The first-order valence-electron chi connectivity index (χ1n) is 7.00. The molecule has 1 aromatic carbocycles. The van der Waals surface area contributed by atoms with Crippen LogP contribution in [0.5, 0.6) is 0 Å². The summed E-state index contributed by atoms with van der Waals surface area (Å²) in [5, 5.41) is 15.1. The van der Waals surface area contributed by atoms with Gasteiger partial charge in [0.25, 0.3) is 0 Å². The first-order valence-corrected chi connectivity index (χ1v) is 7.00. The zero-order valence-corrected chi connectivity index (χ0v) is 12.2. The number of hydrogen-bond donors (Lipinski definition) is 1. The van der Waals surface area contributed by atoms with Crippen molar-refractivity contribution in [3.8, 4) is 0 Å². The molecular weight excluding hydrogens is 255 g/mol. The molecular formula is C16H21FN2O. The molecule has 0 aliphatic rings. The van der Waals surface area contributed by atoms with E-state index < -0.39 is 5.60 Å². The maximum absolute atomic E-state index is 13.3. The first kappa shape index (κ1) is 14.7. The van der Waals surface area contributed by atoms with E-state index >= 15 is 0 Å². The van der Waals surface area contributed by atoms with E-state index in [1.807, 2.05) is 17.7 Å². The summed E-state index contributed by atoms with van der Waals surface area (Å²) in [5.41, 5.74) is 1.45. The van der Waals surface area contributed by atoms with Gasteiger partial charge >= 0.3 is 0 Å². The highest BCUT2D eigenvalue weighted by molar-refractivity contribution is 5.25. The molecule has 0 radical (unpaired) electrons. The zero-order chi connectivity index (χ0) is 14.8. The lowest BCUT2D eigenvalue weighted by atomic mass is 9.91. The molecule has 1 atom stereocenters. The van der Waals surface area contributed by atoms with E-state index in [1.165, 1.54) is 12.1 Å². The van der Waals surface area contributed by atoms with Crippen LogP contribution in [0.1, 0.15) is 37.7 Å². The van der Waals surface area contributed by atoms with Crippen LogP contribution in [0.3, 0.4) is 0 Å². The highest BCUT2D eigenvalue weighted by Gasteiger charge is 2.26. The fourth-order valence-electron chi connectivity index (χ4n) is 2.38. The van der Waals surface area contributed by atoms with Crippen molar-refractivity contribution in [1.29, 1.82) is 0 Å². The molecule has 0 saturated carbocycles. The molecule has 1 N–H and O–H groups in total. The van der Waals surface area contributed by atoms with Crippen LogP contribution in [0.2, 0.25) is 0 Å². The van der Waals surface area contributed by atoms with Gasteiger partial charge in [-0.15, -0.1) is 0 Å². The van der Waals surface area contributed by atoms with Crippen molar-refractivity contribution in [2.24, 2.45) is 0 Å². The van der Waals surface area contributed by atoms with Gasteiger partial charge in [0.1, 0.15) is 5.82 Å². The fourth-order valence-corrected chi connectivity index (χ4v) is 2.38. The van der Waals surface area contributed by atoms with E-state index in [4.69, 9.17) is 0 Å². The summed E-state index contributed by atoms with van der Waals surface area (Å²) in [4.78, 5) is 0. The van der Waals surface area contributed by atoms with Crippen LogP contribution < -0.4 is 0 Å². The van der Waals surface area contributed by atoms with Gasteiger partial charge in [-0.05, 0) is 44.0 Å². The number of aromatic nitrogens is 2. The minimum absolute atomic E-state index is 0.332. The summed E-state index contributed by atoms with van der Waals surface area (Å²) < 4.78 is 15.2. The predicted octanol–water partition coefficient (Wildman–Crippen LogP) is 3.05. The molecule has 2 aromatic rings. The molecule has 0 saturated heterocycles. The minimum atomic E-state index is -1.11. The number of halogens is 1. The number of nitrogens with zero attached hydrogens (tertiary/aromatic N) is 2. The number of rotatable bonds is 5. The number of aryl methyl sites for hydroxylation is 2. The van der Waals surface area contributed by atoms with Crippen molar-refractivity contribution in [3.63, 3.8) is 0 Å². The van der Waals surface area contributed by atoms with Gasteiger partial charge in [0.2, 0.25) is 0 Å². The summed E-state index contributed by atoms with van der Waals surface area (Å²) in [7, 11) is 0. The Balaban J connectivity index is 2.30. The van der Waals surface area contributed by atoms with Gasteiger partial charge in [-0.25, -0.2) is 4.39 Å². The molecule has 0 aliphatic carbocycles. The van der Waals surface area contributed by atoms with Crippen LogP contribution in [-0.2, 0) is 25.0 Å². The van der Waals surface area contributed by atoms with E-state index in [1.54, 1.807) is 19.1 Å². The summed E-state index contributed by atoms with van der Waals surface area (Å²) in [6.07, 6.45) is 1.28. The largest absolute Gasteiger partial charge is 0.385 e. The Morgan fingerprint density at radius 1 is 1.30 bits per heavy atom. The topological polar surface area (TPSA) is 38.0 Å². The second-order valence-electron chi connectivity index (χ2n) is 5.26. The van der Waals surface area contributed by atoms with E-state index in [0.717, 1.165) is 24.4 Å². The SMILES string of the molecule is CCc1cc(CC(C)(O)c2cccc(F)c2)n(CC)n1. The maximum Gasteiger partial charge on any atom is 0.123 e. The first-order chi connectivity index (χ1) is 9.46. The van der Waals surface area contributed by atoms with E-state index in [2.05, 4.69) is 12.0 Å². The number of hydrogen-bond acceptors (Lipinski definition) is 2. The average molecular weight is 276 g/mol. The summed E-state index contributed by atoms with van der Waals surface area (Å²) in [6, 6.07) is 8.14. The fraction of sp³-hybridized carbons (Fsp3) is 0.438. The maximum atomic E-state index is 13.3. The van der Waals surface area contributed by atoms with Gasteiger partial charge in [0.15, 0.2) is 0 Å². The lowest BCUT2D eigenvalue weighted by Crippen LogP contribution is -2.26. The molecule has 2 rings (SSSR count). The van der Waals surface area contributed by atoms with Gasteiger partial charge in [-0.3, -0.25) is 4.68 Å². The third kappa shape index (κ3) is 3.07. The number of aliphatic hydroxyl groups is 1. The molecule has 0 aliphatic heterocycles. The molecule has 0 amide bonds. The molecule has 1 unspecified atom stereocenters. The Bertz CT molecular complexity index is 590. The Labute approximate surface area is 119 Å². The van der Waals surface area contributed by atoms with Crippen LogP contribution in [0.15, 0.2) is 30.3 Å². The smallest absolute Gasteiger partial charge is 0.123 e. The highest BCUT2D eigenvalue weighted by atomic mass is 19.1. The average Bonchev–Trinajstić information content (AvgIpc) is 2.80. The second-order valence-corrected chi connectivity index (χ2v) is 5.26. The third-order valence-corrected chi connectivity index (χ3v) is 3.55. The standard InChI is InChI=1S/C16H21FN2O/c1-4-14-10-15(19(5-2)18-14)11-16(3,20)12-7-6-8-13(17)9-12/h6-10,20H,4-5,11H2,1-3H3. The quantitative estimate of drug-likeness (QED) is 0.911. The summed E-state index contributed by atoms with van der Waals surface area (Å²) >= 11 is 0. The molecule has 0 bridgehead atoms. The molecule has 108 valence electrons. The van der Waals surface area contributed by atoms with Crippen LogP contribution in [-0.4, -0.2) is 14.9 Å². The van der Waals surface area contributed by atoms with E-state index in [9.17, 15) is 9.50 Å². The zero-order valence-electron chi connectivity index (χ0n) is 12.2. The molecule has 3 nitrogen and oxygen atoms in total. The summed E-state index contributed by atoms with van der Waals surface area (Å²) in [5.74, 6) is -0.332. The van der Waals surface area contributed by atoms with E-state index in [-0.39, 0.29) is 5.82 Å². The predicted molar refractivity (Wildman–Crippen MR) is 77.0 cm³/mol.